The van der Waals surface area contributed by atoms with Gasteiger partial charge >= 0.3 is 0 Å². The van der Waals surface area contributed by atoms with E-state index in [2.05, 4.69) is 4.72 Å². The number of nitrogens with one attached hydrogen (secondary N) is 1. The zero-order chi connectivity index (χ0) is 18.7. The molecular formula is C18H12Cl2FNO3S. The van der Waals surface area contributed by atoms with Crippen molar-refractivity contribution in [3.8, 4) is 11.5 Å². The van der Waals surface area contributed by atoms with Gasteiger partial charge in [0.25, 0.3) is 10.0 Å². The Hall–Kier alpha value is -2.28. The minimum absolute atomic E-state index is 0.0291. The van der Waals surface area contributed by atoms with Gasteiger partial charge in [0.15, 0.2) is 0 Å². The van der Waals surface area contributed by atoms with Crippen molar-refractivity contribution in [2.24, 2.45) is 0 Å². The number of ether oxygens (including phenoxy) is 1. The standard InChI is InChI=1S/C18H12Cl2FNO3S/c19-12-1-4-14(5-2-12)25-15-6-8-16(9-7-15)26(23,24)22-13-3-10-18(21)17(20)11-13/h1-11,22H. The number of anilines is 1. The van der Waals surface area contributed by atoms with Crippen LogP contribution in [-0.4, -0.2) is 8.42 Å². The van der Waals surface area contributed by atoms with Crippen LogP contribution in [0.4, 0.5) is 10.1 Å². The van der Waals surface area contributed by atoms with Gasteiger partial charge in [0, 0.05) is 5.02 Å². The van der Waals surface area contributed by atoms with Gasteiger partial charge in [-0.15, -0.1) is 0 Å². The van der Waals surface area contributed by atoms with Gasteiger partial charge < -0.3 is 4.74 Å². The molecule has 26 heavy (non-hydrogen) atoms. The number of sulfonamides is 1. The molecule has 0 fully saturated rings. The second-order valence-corrected chi connectivity index (χ2v) is 7.79. The summed E-state index contributed by atoms with van der Waals surface area (Å²) in [6, 6.07) is 16.2. The van der Waals surface area contributed by atoms with Crippen LogP contribution in [-0.2, 0) is 10.0 Å². The lowest BCUT2D eigenvalue weighted by Gasteiger charge is -2.10. The number of halogens is 3. The largest absolute Gasteiger partial charge is 0.457 e. The molecule has 3 rings (SSSR count). The van der Waals surface area contributed by atoms with Gasteiger partial charge in [0.2, 0.25) is 0 Å². The summed E-state index contributed by atoms with van der Waals surface area (Å²) in [4.78, 5) is 0.0291. The Morgan fingerprint density at radius 1 is 0.846 bits per heavy atom. The van der Waals surface area contributed by atoms with Crippen molar-refractivity contribution in [1.82, 2.24) is 0 Å². The zero-order valence-electron chi connectivity index (χ0n) is 13.1. The summed E-state index contributed by atoms with van der Waals surface area (Å²) in [5.74, 6) is 0.415. The summed E-state index contributed by atoms with van der Waals surface area (Å²) >= 11 is 11.5. The Bertz CT molecular complexity index is 1020. The average molecular weight is 412 g/mol. The van der Waals surface area contributed by atoms with Crippen molar-refractivity contribution in [2.45, 2.75) is 4.90 Å². The highest BCUT2D eigenvalue weighted by molar-refractivity contribution is 7.92. The van der Waals surface area contributed by atoms with Crippen LogP contribution in [0.1, 0.15) is 0 Å². The maximum atomic E-state index is 13.2. The van der Waals surface area contributed by atoms with E-state index in [0.717, 1.165) is 6.07 Å². The van der Waals surface area contributed by atoms with Gasteiger partial charge in [-0.25, -0.2) is 12.8 Å². The Morgan fingerprint density at radius 2 is 1.42 bits per heavy atom. The molecule has 0 amide bonds. The van der Waals surface area contributed by atoms with Gasteiger partial charge in [-0.3, -0.25) is 4.72 Å². The molecule has 8 heteroatoms. The molecule has 4 nitrogen and oxygen atoms in total. The summed E-state index contributed by atoms with van der Waals surface area (Å²) in [7, 11) is -3.84. The van der Waals surface area contributed by atoms with E-state index in [1.54, 1.807) is 24.3 Å². The van der Waals surface area contributed by atoms with E-state index >= 15 is 0 Å². The zero-order valence-corrected chi connectivity index (χ0v) is 15.4. The molecule has 0 saturated heterocycles. The molecule has 1 N–H and O–H groups in total. The van der Waals surface area contributed by atoms with Crippen molar-refractivity contribution in [1.29, 1.82) is 0 Å². The summed E-state index contributed by atoms with van der Waals surface area (Å²) in [5, 5.41) is 0.419. The van der Waals surface area contributed by atoms with Gasteiger partial charge in [0.1, 0.15) is 17.3 Å². The van der Waals surface area contributed by atoms with Crippen LogP contribution < -0.4 is 9.46 Å². The van der Waals surface area contributed by atoms with Crippen LogP contribution in [0.3, 0.4) is 0 Å². The smallest absolute Gasteiger partial charge is 0.261 e. The SMILES string of the molecule is O=S(=O)(Nc1ccc(F)c(Cl)c1)c1ccc(Oc2ccc(Cl)cc2)cc1. The van der Waals surface area contributed by atoms with Gasteiger partial charge in [0.05, 0.1) is 15.6 Å². The Labute approximate surface area is 160 Å². The van der Waals surface area contributed by atoms with Crippen LogP contribution in [0.5, 0.6) is 11.5 Å². The highest BCUT2D eigenvalue weighted by atomic mass is 35.5. The third-order valence-corrected chi connectivity index (χ3v) is 5.29. The summed E-state index contributed by atoms with van der Waals surface area (Å²) < 4.78 is 45.9. The minimum atomic E-state index is -3.84. The normalized spacial score (nSPS) is 11.2. The predicted octanol–water partition coefficient (Wildman–Crippen LogP) is 5.73. The summed E-state index contributed by atoms with van der Waals surface area (Å²) in [5.41, 5.74) is 0.165. The molecule has 0 atom stereocenters. The van der Waals surface area contributed by atoms with E-state index in [1.165, 1.54) is 36.4 Å². The molecule has 3 aromatic carbocycles. The lowest BCUT2D eigenvalue weighted by Crippen LogP contribution is -2.12. The fourth-order valence-electron chi connectivity index (χ4n) is 2.10. The number of benzene rings is 3. The molecule has 3 aromatic rings. The van der Waals surface area contributed by atoms with Crippen LogP contribution in [0.2, 0.25) is 10.0 Å². The first-order valence-corrected chi connectivity index (χ1v) is 9.59. The van der Waals surface area contributed by atoms with Crippen LogP contribution in [0.15, 0.2) is 71.6 Å². The van der Waals surface area contributed by atoms with Crippen LogP contribution in [0, 0.1) is 5.82 Å². The van der Waals surface area contributed by atoms with E-state index in [4.69, 9.17) is 27.9 Å². The monoisotopic (exact) mass is 411 g/mol. The molecule has 0 aliphatic rings. The first-order valence-electron chi connectivity index (χ1n) is 7.35. The van der Waals surface area contributed by atoms with Crippen molar-refractivity contribution in [3.05, 3.63) is 82.6 Å². The molecule has 0 spiro atoms. The molecule has 134 valence electrons. The Balaban J connectivity index is 1.75. The van der Waals surface area contributed by atoms with Crippen molar-refractivity contribution < 1.29 is 17.5 Å². The summed E-state index contributed by atoms with van der Waals surface area (Å²) in [6.07, 6.45) is 0. The highest BCUT2D eigenvalue weighted by Crippen LogP contribution is 2.26. The van der Waals surface area contributed by atoms with E-state index in [0.29, 0.717) is 16.5 Å². The Kier molecular flexibility index (Phi) is 5.36. The molecule has 0 aromatic heterocycles. The first-order chi connectivity index (χ1) is 12.3. The second kappa shape index (κ2) is 7.53. The number of hydrogen-bond donors (Lipinski definition) is 1. The van der Waals surface area contributed by atoms with E-state index in [1.807, 2.05) is 0 Å². The number of hydrogen-bond acceptors (Lipinski definition) is 3. The van der Waals surface area contributed by atoms with Crippen molar-refractivity contribution >= 4 is 38.9 Å². The molecule has 0 aliphatic heterocycles. The first kappa shape index (κ1) is 18.5. The van der Waals surface area contributed by atoms with Crippen LogP contribution in [0.25, 0.3) is 0 Å². The molecular weight excluding hydrogens is 400 g/mol. The third kappa shape index (κ3) is 4.46. The van der Waals surface area contributed by atoms with E-state index in [9.17, 15) is 12.8 Å². The molecule has 0 radical (unpaired) electrons. The quantitative estimate of drug-likeness (QED) is 0.583. The minimum Gasteiger partial charge on any atom is -0.457 e. The second-order valence-electron chi connectivity index (χ2n) is 5.26. The molecule has 0 unspecified atom stereocenters. The maximum Gasteiger partial charge on any atom is 0.261 e. The molecule has 0 heterocycles. The molecule has 0 aliphatic carbocycles. The number of rotatable bonds is 5. The van der Waals surface area contributed by atoms with E-state index in [-0.39, 0.29) is 15.6 Å². The van der Waals surface area contributed by atoms with Crippen molar-refractivity contribution in [3.63, 3.8) is 0 Å². The lowest BCUT2D eigenvalue weighted by atomic mass is 10.3. The predicted molar refractivity (Wildman–Crippen MR) is 100 cm³/mol. The topological polar surface area (TPSA) is 55.4 Å². The summed E-state index contributed by atoms with van der Waals surface area (Å²) in [6.45, 7) is 0. The van der Waals surface area contributed by atoms with Crippen LogP contribution >= 0.6 is 23.2 Å². The lowest BCUT2D eigenvalue weighted by molar-refractivity contribution is 0.482. The van der Waals surface area contributed by atoms with Gasteiger partial charge in [-0.2, -0.15) is 0 Å². The van der Waals surface area contributed by atoms with Gasteiger partial charge in [-0.05, 0) is 66.7 Å². The maximum absolute atomic E-state index is 13.2. The highest BCUT2D eigenvalue weighted by Gasteiger charge is 2.15. The van der Waals surface area contributed by atoms with E-state index < -0.39 is 15.8 Å². The fourth-order valence-corrected chi connectivity index (χ4v) is 3.46. The fraction of sp³-hybridized carbons (Fsp3) is 0. The van der Waals surface area contributed by atoms with Crippen molar-refractivity contribution in [2.75, 3.05) is 4.72 Å². The average Bonchev–Trinajstić information content (AvgIpc) is 2.60. The molecule has 0 bridgehead atoms. The third-order valence-electron chi connectivity index (χ3n) is 3.36. The Morgan fingerprint density at radius 3 is 2.00 bits per heavy atom. The van der Waals surface area contributed by atoms with Gasteiger partial charge in [-0.1, -0.05) is 23.2 Å². The molecule has 0 saturated carbocycles.